The number of aryl methyl sites for hydroxylation is 3. The van der Waals surface area contributed by atoms with Gasteiger partial charge in [0.1, 0.15) is 11.6 Å². The Balaban J connectivity index is 2.84. The minimum atomic E-state index is 0.801. The zero-order valence-corrected chi connectivity index (χ0v) is 9.55. The largest absolute Gasteiger partial charge is 0.373 e. The molecule has 0 atom stereocenters. The minimum absolute atomic E-state index is 0.801. The second-order valence-corrected chi connectivity index (χ2v) is 3.82. The molecule has 2 rings (SSSR count). The van der Waals surface area contributed by atoms with Gasteiger partial charge >= 0.3 is 0 Å². The van der Waals surface area contributed by atoms with Crippen LogP contribution < -0.4 is 5.32 Å². The van der Waals surface area contributed by atoms with Gasteiger partial charge in [-0.1, -0.05) is 0 Å². The summed E-state index contributed by atoms with van der Waals surface area (Å²) in [4.78, 5) is 8.80. The summed E-state index contributed by atoms with van der Waals surface area (Å²) in [7, 11) is 1.89. The number of hydrogen-bond donors (Lipinski definition) is 1. The summed E-state index contributed by atoms with van der Waals surface area (Å²) >= 11 is 0. The highest BCUT2D eigenvalue weighted by molar-refractivity contribution is 5.90. The smallest absolute Gasteiger partial charge is 0.137 e. The van der Waals surface area contributed by atoms with E-state index in [-0.39, 0.29) is 0 Å². The highest BCUT2D eigenvalue weighted by Crippen LogP contribution is 2.23. The fourth-order valence-electron chi connectivity index (χ4n) is 1.70. The molecule has 0 fully saturated rings. The van der Waals surface area contributed by atoms with E-state index in [1.54, 1.807) is 0 Å². The van der Waals surface area contributed by atoms with Crippen LogP contribution in [0.5, 0.6) is 0 Å². The van der Waals surface area contributed by atoms with Crippen LogP contribution in [0, 0.1) is 20.8 Å². The number of rotatable bonds is 1. The van der Waals surface area contributed by atoms with E-state index < -0.39 is 0 Å². The third-order valence-electron chi connectivity index (χ3n) is 2.66. The number of anilines is 1. The molecule has 0 aliphatic rings. The van der Waals surface area contributed by atoms with E-state index in [9.17, 15) is 0 Å². The number of nitrogens with zero attached hydrogens (tertiary/aromatic N) is 2. The van der Waals surface area contributed by atoms with Crippen LogP contribution in [0.1, 0.15) is 17.0 Å². The van der Waals surface area contributed by atoms with Crippen molar-refractivity contribution < 1.29 is 0 Å². The number of hydrogen-bond acceptors (Lipinski definition) is 3. The van der Waals surface area contributed by atoms with Crippen LogP contribution in [0.3, 0.4) is 0 Å². The van der Waals surface area contributed by atoms with Gasteiger partial charge in [-0.2, -0.15) is 0 Å². The predicted octanol–water partition coefficient (Wildman–Crippen LogP) is 2.60. The van der Waals surface area contributed by atoms with Crippen LogP contribution in [0.4, 0.5) is 5.82 Å². The van der Waals surface area contributed by atoms with Crippen molar-refractivity contribution in [2.24, 2.45) is 0 Å². The lowest BCUT2D eigenvalue weighted by Gasteiger charge is -2.08. The lowest BCUT2D eigenvalue weighted by atomic mass is 10.1. The molecule has 1 aromatic carbocycles. The van der Waals surface area contributed by atoms with E-state index in [4.69, 9.17) is 0 Å². The van der Waals surface area contributed by atoms with Gasteiger partial charge in [-0.3, -0.25) is 0 Å². The topological polar surface area (TPSA) is 37.8 Å². The van der Waals surface area contributed by atoms with E-state index in [2.05, 4.69) is 41.3 Å². The van der Waals surface area contributed by atoms with Crippen molar-refractivity contribution in [1.82, 2.24) is 9.97 Å². The Morgan fingerprint density at radius 3 is 2.33 bits per heavy atom. The molecule has 0 radical (unpaired) electrons. The van der Waals surface area contributed by atoms with E-state index in [0.717, 1.165) is 22.5 Å². The number of aromatic nitrogens is 2. The van der Waals surface area contributed by atoms with Gasteiger partial charge in [0, 0.05) is 12.4 Å². The lowest BCUT2D eigenvalue weighted by molar-refractivity contribution is 1.09. The van der Waals surface area contributed by atoms with Crippen LogP contribution in [-0.2, 0) is 0 Å². The van der Waals surface area contributed by atoms with Crippen LogP contribution in [0.2, 0.25) is 0 Å². The van der Waals surface area contributed by atoms with Crippen molar-refractivity contribution >= 4 is 16.7 Å². The molecule has 2 aromatic rings. The van der Waals surface area contributed by atoms with Crippen LogP contribution in [0.15, 0.2) is 12.1 Å². The Kier molecular flexibility index (Phi) is 2.31. The maximum Gasteiger partial charge on any atom is 0.137 e. The molecule has 0 amide bonds. The van der Waals surface area contributed by atoms with Crippen molar-refractivity contribution in [2.75, 3.05) is 12.4 Å². The zero-order valence-electron chi connectivity index (χ0n) is 9.55. The molecule has 0 saturated carbocycles. The quantitative estimate of drug-likeness (QED) is 0.770. The minimum Gasteiger partial charge on any atom is -0.373 e. The molecule has 0 aliphatic carbocycles. The molecule has 1 aromatic heterocycles. The van der Waals surface area contributed by atoms with Gasteiger partial charge in [-0.05, 0) is 44.0 Å². The van der Waals surface area contributed by atoms with Gasteiger partial charge in [0.15, 0.2) is 0 Å². The summed E-state index contributed by atoms with van der Waals surface area (Å²) in [6, 6.07) is 4.25. The summed E-state index contributed by atoms with van der Waals surface area (Å²) in [5.74, 6) is 1.70. The third-order valence-corrected chi connectivity index (χ3v) is 2.66. The van der Waals surface area contributed by atoms with Gasteiger partial charge in [0.05, 0.1) is 5.52 Å². The molecule has 0 spiro atoms. The second kappa shape index (κ2) is 3.50. The molecule has 78 valence electrons. The average Bonchev–Trinajstić information content (AvgIpc) is 2.19. The molecule has 1 N–H and O–H groups in total. The highest BCUT2D eigenvalue weighted by Gasteiger charge is 2.05. The number of nitrogens with one attached hydrogen (secondary N) is 1. The zero-order chi connectivity index (χ0) is 11.0. The molecule has 0 aliphatic heterocycles. The van der Waals surface area contributed by atoms with Crippen molar-refractivity contribution in [3.05, 3.63) is 29.1 Å². The Labute approximate surface area is 89.6 Å². The Morgan fingerprint density at radius 1 is 1.00 bits per heavy atom. The van der Waals surface area contributed by atoms with Crippen molar-refractivity contribution in [3.8, 4) is 0 Å². The summed E-state index contributed by atoms with van der Waals surface area (Å²) in [6.07, 6.45) is 0. The first-order chi connectivity index (χ1) is 7.11. The van der Waals surface area contributed by atoms with Crippen LogP contribution in [-0.4, -0.2) is 17.0 Å². The summed E-state index contributed by atoms with van der Waals surface area (Å²) in [5.41, 5.74) is 3.55. The fourth-order valence-corrected chi connectivity index (χ4v) is 1.70. The first kappa shape index (κ1) is 9.90. The van der Waals surface area contributed by atoms with Crippen LogP contribution in [0.25, 0.3) is 10.9 Å². The molecule has 0 unspecified atom stereocenters. The molecule has 3 nitrogen and oxygen atoms in total. The second-order valence-electron chi connectivity index (χ2n) is 3.82. The Bertz CT molecular complexity index is 518. The maximum atomic E-state index is 4.44. The standard InChI is InChI=1S/C12H15N3/c1-7-5-10-11(6-8(7)2)14-9(3)15-12(10)13-4/h5-6H,1-4H3,(H,13,14,15). The first-order valence-electron chi connectivity index (χ1n) is 5.05. The molecular formula is C12H15N3. The average molecular weight is 201 g/mol. The van der Waals surface area contributed by atoms with E-state index in [1.807, 2.05) is 14.0 Å². The van der Waals surface area contributed by atoms with Crippen molar-refractivity contribution in [3.63, 3.8) is 0 Å². The predicted molar refractivity (Wildman–Crippen MR) is 63.3 cm³/mol. The Morgan fingerprint density at radius 2 is 1.67 bits per heavy atom. The maximum absolute atomic E-state index is 4.44. The summed E-state index contributed by atoms with van der Waals surface area (Å²) in [5, 5.41) is 4.20. The normalized spacial score (nSPS) is 10.7. The number of benzene rings is 1. The number of fused-ring (bicyclic) bond motifs is 1. The van der Waals surface area contributed by atoms with Gasteiger partial charge in [-0.25, -0.2) is 9.97 Å². The molecule has 1 heterocycles. The first-order valence-corrected chi connectivity index (χ1v) is 5.05. The van der Waals surface area contributed by atoms with E-state index >= 15 is 0 Å². The van der Waals surface area contributed by atoms with Crippen LogP contribution >= 0.6 is 0 Å². The van der Waals surface area contributed by atoms with Gasteiger partial charge in [-0.15, -0.1) is 0 Å². The monoisotopic (exact) mass is 201 g/mol. The molecule has 0 bridgehead atoms. The lowest BCUT2D eigenvalue weighted by Crippen LogP contribution is -1.99. The highest BCUT2D eigenvalue weighted by atomic mass is 15.0. The van der Waals surface area contributed by atoms with E-state index in [0.29, 0.717) is 0 Å². The van der Waals surface area contributed by atoms with Gasteiger partial charge in [0.2, 0.25) is 0 Å². The SMILES string of the molecule is CNc1nc(C)nc2cc(C)c(C)cc12. The van der Waals surface area contributed by atoms with E-state index in [1.165, 1.54) is 11.1 Å². The van der Waals surface area contributed by atoms with Crippen molar-refractivity contribution in [2.45, 2.75) is 20.8 Å². The Hall–Kier alpha value is -1.64. The van der Waals surface area contributed by atoms with Crippen molar-refractivity contribution in [1.29, 1.82) is 0 Å². The fraction of sp³-hybridized carbons (Fsp3) is 0.333. The molecular weight excluding hydrogens is 186 g/mol. The third kappa shape index (κ3) is 1.65. The molecule has 3 heteroatoms. The molecule has 0 saturated heterocycles. The summed E-state index contributed by atoms with van der Waals surface area (Å²) < 4.78 is 0. The summed E-state index contributed by atoms with van der Waals surface area (Å²) in [6.45, 7) is 6.12. The molecule has 15 heavy (non-hydrogen) atoms. The van der Waals surface area contributed by atoms with Gasteiger partial charge < -0.3 is 5.32 Å². The van der Waals surface area contributed by atoms with Gasteiger partial charge in [0.25, 0.3) is 0 Å².